The molecule has 2 aromatic rings. The van der Waals surface area contributed by atoms with Gasteiger partial charge in [0.15, 0.2) is 0 Å². The Labute approximate surface area is 110 Å². The summed E-state index contributed by atoms with van der Waals surface area (Å²) in [6, 6.07) is 7.86. The number of amides is 1. The van der Waals surface area contributed by atoms with E-state index in [9.17, 15) is 4.79 Å². The van der Waals surface area contributed by atoms with Gasteiger partial charge in [0.1, 0.15) is 4.88 Å². The molecule has 3 nitrogen and oxygen atoms in total. The highest BCUT2D eigenvalue weighted by Gasteiger charge is 2.32. The Morgan fingerprint density at radius 3 is 2.89 bits per heavy atom. The summed E-state index contributed by atoms with van der Waals surface area (Å²) in [4.78, 5) is 12.7. The van der Waals surface area contributed by atoms with Crippen molar-refractivity contribution < 1.29 is 4.79 Å². The molecule has 1 heterocycles. The largest absolute Gasteiger partial charge is 0.397 e. The zero-order valence-electron chi connectivity index (χ0n) is 10.3. The monoisotopic (exact) mass is 260 g/mol. The summed E-state index contributed by atoms with van der Waals surface area (Å²) in [5.41, 5.74) is 6.65. The van der Waals surface area contributed by atoms with Crippen molar-refractivity contribution >= 4 is 33.0 Å². The molecule has 0 bridgehead atoms. The first-order valence-corrected chi connectivity index (χ1v) is 7.03. The van der Waals surface area contributed by atoms with E-state index in [4.69, 9.17) is 5.73 Å². The van der Waals surface area contributed by atoms with Crippen molar-refractivity contribution in [3.63, 3.8) is 0 Å². The van der Waals surface area contributed by atoms with Crippen LogP contribution in [0.5, 0.6) is 0 Å². The summed E-state index contributed by atoms with van der Waals surface area (Å²) >= 11 is 1.47. The number of nitrogens with one attached hydrogen (secondary N) is 1. The first-order chi connectivity index (χ1) is 8.66. The van der Waals surface area contributed by atoms with E-state index in [0.717, 1.165) is 22.5 Å². The van der Waals surface area contributed by atoms with Crippen LogP contribution in [-0.4, -0.2) is 12.5 Å². The predicted molar refractivity (Wildman–Crippen MR) is 75.8 cm³/mol. The van der Waals surface area contributed by atoms with Crippen LogP contribution in [0.15, 0.2) is 24.3 Å². The molecule has 1 aliphatic rings. The van der Waals surface area contributed by atoms with Crippen LogP contribution in [-0.2, 0) is 0 Å². The normalized spacial score (nSPS) is 22.1. The van der Waals surface area contributed by atoms with Crippen LogP contribution < -0.4 is 11.1 Å². The van der Waals surface area contributed by atoms with Gasteiger partial charge in [0.2, 0.25) is 0 Å². The summed E-state index contributed by atoms with van der Waals surface area (Å²) in [7, 11) is 0. The van der Waals surface area contributed by atoms with Crippen LogP contribution in [0.25, 0.3) is 10.1 Å². The zero-order valence-corrected chi connectivity index (χ0v) is 11.1. The number of fused-ring (bicyclic) bond motifs is 1. The van der Waals surface area contributed by atoms with Gasteiger partial charge >= 0.3 is 0 Å². The molecule has 3 rings (SSSR count). The van der Waals surface area contributed by atoms with E-state index < -0.39 is 0 Å². The lowest BCUT2D eigenvalue weighted by molar-refractivity contribution is 0.0956. The van der Waals surface area contributed by atoms with Crippen LogP contribution in [0.3, 0.4) is 0 Å². The van der Waals surface area contributed by atoms with E-state index in [1.165, 1.54) is 17.8 Å². The highest BCUT2D eigenvalue weighted by Crippen LogP contribution is 2.37. The molecule has 0 spiro atoms. The topological polar surface area (TPSA) is 55.1 Å². The molecule has 1 saturated carbocycles. The lowest BCUT2D eigenvalue weighted by Crippen LogP contribution is -2.25. The van der Waals surface area contributed by atoms with Gasteiger partial charge in [-0.3, -0.25) is 4.79 Å². The number of carbonyl (C=O) groups excluding carboxylic acids is 1. The number of benzene rings is 1. The molecule has 0 aliphatic heterocycles. The van der Waals surface area contributed by atoms with E-state index >= 15 is 0 Å². The summed E-state index contributed by atoms with van der Waals surface area (Å²) in [6.07, 6.45) is 1.22. The molecule has 0 radical (unpaired) electrons. The second-order valence-electron chi connectivity index (χ2n) is 5.02. The second-order valence-corrected chi connectivity index (χ2v) is 6.08. The molecule has 2 atom stereocenters. The van der Waals surface area contributed by atoms with Gasteiger partial charge in [0.25, 0.3) is 5.91 Å². The van der Waals surface area contributed by atoms with E-state index in [1.54, 1.807) is 0 Å². The maximum absolute atomic E-state index is 12.1. The fourth-order valence-corrected chi connectivity index (χ4v) is 3.26. The molecule has 1 aromatic heterocycles. The Bertz CT molecular complexity index is 605. The highest BCUT2D eigenvalue weighted by atomic mass is 32.1. The Morgan fingerprint density at radius 1 is 1.50 bits per heavy atom. The minimum Gasteiger partial charge on any atom is -0.397 e. The van der Waals surface area contributed by atoms with Gasteiger partial charge in [-0.1, -0.05) is 25.1 Å². The second kappa shape index (κ2) is 4.28. The maximum Gasteiger partial charge on any atom is 0.263 e. The van der Waals surface area contributed by atoms with Crippen LogP contribution >= 0.6 is 11.3 Å². The van der Waals surface area contributed by atoms with Crippen molar-refractivity contribution in [3.8, 4) is 0 Å². The summed E-state index contributed by atoms with van der Waals surface area (Å²) in [5, 5.41) is 3.96. The van der Waals surface area contributed by atoms with Gasteiger partial charge in [-0.25, -0.2) is 0 Å². The number of carbonyl (C=O) groups is 1. The minimum absolute atomic E-state index is 0.0344. The van der Waals surface area contributed by atoms with Crippen molar-refractivity contribution in [1.82, 2.24) is 5.32 Å². The summed E-state index contributed by atoms with van der Waals surface area (Å²) < 4.78 is 1.07. The van der Waals surface area contributed by atoms with Crippen molar-refractivity contribution in [3.05, 3.63) is 29.1 Å². The molecule has 2 unspecified atom stereocenters. The minimum atomic E-state index is -0.0344. The number of anilines is 1. The Balaban J connectivity index is 1.80. The van der Waals surface area contributed by atoms with Gasteiger partial charge < -0.3 is 11.1 Å². The lowest BCUT2D eigenvalue weighted by atomic mass is 10.2. The van der Waals surface area contributed by atoms with E-state index in [0.29, 0.717) is 16.5 Å². The molecule has 1 aromatic carbocycles. The number of nitrogen functional groups attached to an aromatic ring is 1. The third-order valence-corrected chi connectivity index (χ3v) is 4.83. The number of rotatable bonds is 3. The number of nitrogens with two attached hydrogens (primary N) is 1. The molecule has 0 saturated heterocycles. The molecule has 1 fully saturated rings. The van der Waals surface area contributed by atoms with E-state index in [2.05, 4.69) is 12.2 Å². The number of hydrogen-bond acceptors (Lipinski definition) is 3. The molecule has 1 aliphatic carbocycles. The van der Waals surface area contributed by atoms with Gasteiger partial charge in [0.05, 0.1) is 5.69 Å². The maximum atomic E-state index is 12.1. The van der Waals surface area contributed by atoms with Gasteiger partial charge in [-0.05, 0) is 24.3 Å². The van der Waals surface area contributed by atoms with Gasteiger partial charge in [0, 0.05) is 16.6 Å². The first kappa shape index (κ1) is 11.5. The highest BCUT2D eigenvalue weighted by molar-refractivity contribution is 7.21. The molecule has 18 heavy (non-hydrogen) atoms. The first-order valence-electron chi connectivity index (χ1n) is 6.22. The van der Waals surface area contributed by atoms with Crippen molar-refractivity contribution in [2.75, 3.05) is 12.3 Å². The third-order valence-electron chi connectivity index (χ3n) is 3.64. The number of thiophene rings is 1. The smallest absolute Gasteiger partial charge is 0.263 e. The molecular weight excluding hydrogens is 244 g/mol. The van der Waals surface area contributed by atoms with E-state index in [-0.39, 0.29) is 5.91 Å². The Hall–Kier alpha value is -1.55. The van der Waals surface area contributed by atoms with Crippen LogP contribution in [0, 0.1) is 11.8 Å². The van der Waals surface area contributed by atoms with Crippen molar-refractivity contribution in [1.29, 1.82) is 0 Å². The standard InChI is InChI=1S/C14H16N2OS/c1-8-6-9(8)7-16-14(17)13-12(15)10-4-2-3-5-11(10)18-13/h2-5,8-9H,6-7,15H2,1H3,(H,16,17). The molecule has 1 amide bonds. The summed E-state index contributed by atoms with van der Waals surface area (Å²) in [5.74, 6) is 1.38. The Kier molecular flexibility index (Phi) is 2.74. The SMILES string of the molecule is CC1CC1CNC(=O)c1sc2ccccc2c1N. The van der Waals surface area contributed by atoms with Crippen LogP contribution in [0.1, 0.15) is 23.0 Å². The van der Waals surface area contributed by atoms with Crippen molar-refractivity contribution in [2.45, 2.75) is 13.3 Å². The molecule has 94 valence electrons. The van der Waals surface area contributed by atoms with Crippen molar-refractivity contribution in [2.24, 2.45) is 11.8 Å². The predicted octanol–water partition coefficient (Wildman–Crippen LogP) is 2.87. The zero-order chi connectivity index (χ0) is 12.7. The lowest BCUT2D eigenvalue weighted by Gasteiger charge is -2.03. The fraction of sp³-hybridized carbons (Fsp3) is 0.357. The van der Waals surface area contributed by atoms with Gasteiger partial charge in [-0.15, -0.1) is 11.3 Å². The van der Waals surface area contributed by atoms with Crippen LogP contribution in [0.2, 0.25) is 0 Å². The molecule has 3 N–H and O–H groups in total. The average Bonchev–Trinajstić information content (AvgIpc) is 2.98. The Morgan fingerprint density at radius 2 is 2.22 bits per heavy atom. The summed E-state index contributed by atoms with van der Waals surface area (Å²) in [6.45, 7) is 2.98. The van der Waals surface area contributed by atoms with Gasteiger partial charge in [-0.2, -0.15) is 0 Å². The average molecular weight is 260 g/mol. The van der Waals surface area contributed by atoms with E-state index in [1.807, 2.05) is 24.3 Å². The third kappa shape index (κ3) is 1.97. The number of hydrogen-bond donors (Lipinski definition) is 2. The molecular formula is C14H16N2OS. The fourth-order valence-electron chi connectivity index (χ4n) is 2.22. The quantitative estimate of drug-likeness (QED) is 0.891. The van der Waals surface area contributed by atoms with Crippen LogP contribution in [0.4, 0.5) is 5.69 Å². The molecule has 4 heteroatoms.